The molecule has 0 bridgehead atoms. The van der Waals surface area contributed by atoms with Crippen molar-refractivity contribution in [2.45, 2.75) is 41.5 Å². The number of rotatable bonds is 0. The normalized spacial score (nSPS) is 10.0. The summed E-state index contributed by atoms with van der Waals surface area (Å²) < 4.78 is 0. The van der Waals surface area contributed by atoms with Gasteiger partial charge in [-0.15, -0.1) is 0 Å². The molecule has 80 valence electrons. The molecule has 0 aliphatic rings. The molecule has 0 saturated heterocycles. The minimum atomic E-state index is -0.826. The molecule has 0 spiro atoms. The summed E-state index contributed by atoms with van der Waals surface area (Å²) >= 11 is -0.826. The average Bonchev–Trinajstić information content (AvgIpc) is 1.52. The first-order valence-corrected chi connectivity index (χ1v) is 10.4. The molecule has 3 heteroatoms. The summed E-state index contributed by atoms with van der Waals surface area (Å²) in [7, 11) is 9.87. The second kappa shape index (κ2) is 10.00. The Balaban J connectivity index is -0.000000120. The molecule has 0 radical (unpaired) electrons. The summed E-state index contributed by atoms with van der Waals surface area (Å²) in [5.41, 5.74) is 0.500. The number of hydrogen-bond acceptors (Lipinski definition) is 0. The molecule has 0 aliphatic carbocycles. The zero-order valence-corrected chi connectivity index (χ0v) is 13.6. The fourth-order valence-electron chi connectivity index (χ4n) is 0. The van der Waals surface area contributed by atoms with Gasteiger partial charge in [0, 0.05) is 0 Å². The van der Waals surface area contributed by atoms with Gasteiger partial charge >= 0.3 is 37.9 Å². The molecule has 0 amide bonds. The van der Waals surface area contributed by atoms with Crippen LogP contribution in [0.25, 0.3) is 0 Å². The fourth-order valence-corrected chi connectivity index (χ4v) is 0. The first-order chi connectivity index (χ1) is 5.41. The van der Waals surface area contributed by atoms with Crippen LogP contribution >= 0.6 is 17.0 Å². The van der Waals surface area contributed by atoms with Crippen molar-refractivity contribution >= 4 is 17.0 Å². The molecule has 0 N–H and O–H groups in total. The van der Waals surface area contributed by atoms with Crippen molar-refractivity contribution in [3.63, 3.8) is 0 Å². The van der Waals surface area contributed by atoms with Gasteiger partial charge in [-0.05, 0) is 0 Å². The topological polar surface area (TPSA) is 0 Å². The Morgan fingerprint density at radius 1 is 0.769 bits per heavy atom. The Labute approximate surface area is 103 Å². The predicted octanol–water partition coefficient (Wildman–Crippen LogP) is 5.11. The summed E-state index contributed by atoms with van der Waals surface area (Å²) in [6, 6.07) is 0. The fraction of sp³-hybridized carbons (Fsp3) is 0.800. The van der Waals surface area contributed by atoms with Crippen LogP contribution in [0.5, 0.6) is 0 Å². The van der Waals surface area contributed by atoms with Crippen molar-refractivity contribution in [1.29, 1.82) is 0 Å². The molecule has 0 aromatic rings. The van der Waals surface area contributed by atoms with E-state index in [1.165, 1.54) is 0 Å². The van der Waals surface area contributed by atoms with E-state index in [-0.39, 0.29) is 10.8 Å². The molecule has 0 fully saturated rings. The second-order valence-corrected chi connectivity index (χ2v) is 8.92. The third-order valence-corrected chi connectivity index (χ3v) is 0. The van der Waals surface area contributed by atoms with Crippen molar-refractivity contribution in [1.82, 2.24) is 0 Å². The van der Waals surface area contributed by atoms with Crippen LogP contribution in [0.15, 0.2) is 0 Å². The van der Waals surface area contributed by atoms with Gasteiger partial charge in [0.05, 0.1) is 0 Å². The van der Waals surface area contributed by atoms with Gasteiger partial charge in [0.2, 0.25) is 0 Å². The SMILES string of the molecule is [CH2-]C(C)(C)C.[CH2-]C(C)(C)C.[Cl][Zr+2][Cl]. The molecule has 0 aromatic carbocycles. The molecule has 0 unspecified atom stereocenters. The Hall–Kier alpha value is 1.46. The molecular weight excluding hydrogens is 282 g/mol. The molecule has 0 rings (SSSR count). The number of halogens is 2. The van der Waals surface area contributed by atoms with Gasteiger partial charge in [0.15, 0.2) is 0 Å². The Kier molecular flexibility index (Phi) is 15.3. The zero-order valence-electron chi connectivity index (χ0n) is 9.67. The Bertz CT molecular complexity index is 66.1. The first-order valence-electron chi connectivity index (χ1n) is 4.09. The molecule has 0 aromatic heterocycles. The van der Waals surface area contributed by atoms with Gasteiger partial charge in [-0.1, -0.05) is 41.5 Å². The van der Waals surface area contributed by atoms with Gasteiger partial charge in [-0.2, -0.15) is 10.8 Å². The summed E-state index contributed by atoms with van der Waals surface area (Å²) in [5.74, 6) is 0. The monoisotopic (exact) mass is 302 g/mol. The minimum absolute atomic E-state index is 0.250. The summed E-state index contributed by atoms with van der Waals surface area (Å²) in [6.45, 7) is 20.0. The van der Waals surface area contributed by atoms with E-state index >= 15 is 0 Å². The quantitative estimate of drug-likeness (QED) is 0.546. The van der Waals surface area contributed by atoms with E-state index in [1.54, 1.807) is 0 Å². The molecule has 0 saturated carbocycles. The van der Waals surface area contributed by atoms with Crippen molar-refractivity contribution in [2.24, 2.45) is 10.8 Å². The maximum atomic E-state index is 4.93. The van der Waals surface area contributed by atoms with Gasteiger partial charge in [0.25, 0.3) is 0 Å². The van der Waals surface area contributed by atoms with Gasteiger partial charge < -0.3 is 13.8 Å². The van der Waals surface area contributed by atoms with Gasteiger partial charge in [-0.25, -0.2) is 0 Å². The van der Waals surface area contributed by atoms with E-state index in [0.717, 1.165) is 0 Å². The van der Waals surface area contributed by atoms with E-state index < -0.39 is 20.8 Å². The molecule has 0 aliphatic heterocycles. The molecular formula is C10H22Cl2Zr. The first kappa shape index (κ1) is 20.0. The third-order valence-electron chi connectivity index (χ3n) is 0. The average molecular weight is 304 g/mol. The van der Waals surface area contributed by atoms with Crippen molar-refractivity contribution in [3.8, 4) is 0 Å². The predicted molar refractivity (Wildman–Crippen MR) is 61.3 cm³/mol. The molecule has 0 atom stereocenters. The Morgan fingerprint density at radius 3 is 0.769 bits per heavy atom. The maximum absolute atomic E-state index is 4.93. The molecule has 0 heterocycles. The van der Waals surface area contributed by atoms with Crippen molar-refractivity contribution < 1.29 is 20.8 Å². The van der Waals surface area contributed by atoms with Crippen molar-refractivity contribution in [3.05, 3.63) is 13.8 Å². The van der Waals surface area contributed by atoms with Crippen LogP contribution in [0.3, 0.4) is 0 Å². The summed E-state index contributed by atoms with van der Waals surface area (Å²) in [5, 5.41) is 0. The van der Waals surface area contributed by atoms with Crippen LogP contribution in [0.2, 0.25) is 0 Å². The van der Waals surface area contributed by atoms with E-state index in [0.29, 0.717) is 0 Å². The summed E-state index contributed by atoms with van der Waals surface area (Å²) in [6.07, 6.45) is 0. The molecule has 13 heavy (non-hydrogen) atoms. The standard InChI is InChI=1S/2C5H11.2ClH.Zr/c2*1-5(2,3)4;;;/h2*1H2,2-4H3;2*1H;/q2*-1;;;+4/p-2. The zero-order chi connectivity index (χ0) is 11.7. The Morgan fingerprint density at radius 2 is 0.769 bits per heavy atom. The van der Waals surface area contributed by atoms with Gasteiger partial charge in [0.1, 0.15) is 0 Å². The van der Waals surface area contributed by atoms with Gasteiger partial charge in [-0.3, -0.25) is 0 Å². The van der Waals surface area contributed by atoms with Crippen LogP contribution in [-0.2, 0) is 20.8 Å². The summed E-state index contributed by atoms with van der Waals surface area (Å²) in [4.78, 5) is 0. The van der Waals surface area contributed by atoms with E-state index in [9.17, 15) is 0 Å². The van der Waals surface area contributed by atoms with E-state index in [1.807, 2.05) is 0 Å². The van der Waals surface area contributed by atoms with Crippen LogP contribution in [0.4, 0.5) is 0 Å². The van der Waals surface area contributed by atoms with Crippen LogP contribution in [0, 0.1) is 24.7 Å². The van der Waals surface area contributed by atoms with Crippen LogP contribution < -0.4 is 0 Å². The van der Waals surface area contributed by atoms with E-state index in [2.05, 4.69) is 55.4 Å². The third kappa shape index (κ3) is 826. The van der Waals surface area contributed by atoms with E-state index in [4.69, 9.17) is 17.0 Å². The van der Waals surface area contributed by atoms with Crippen LogP contribution in [-0.4, -0.2) is 0 Å². The number of hydrogen-bond donors (Lipinski definition) is 0. The van der Waals surface area contributed by atoms with Crippen molar-refractivity contribution in [2.75, 3.05) is 0 Å². The van der Waals surface area contributed by atoms with Crippen LogP contribution in [0.1, 0.15) is 41.5 Å². The second-order valence-electron chi connectivity index (χ2n) is 5.19. The molecule has 0 nitrogen and oxygen atoms in total.